The second-order valence-electron chi connectivity index (χ2n) is 8.33. The lowest BCUT2D eigenvalue weighted by Gasteiger charge is -2.33. The van der Waals surface area contributed by atoms with E-state index in [1.165, 1.54) is 0 Å². The molecule has 1 fully saturated rings. The molecule has 0 radical (unpaired) electrons. The number of imidazole rings is 1. The van der Waals surface area contributed by atoms with Gasteiger partial charge in [0.1, 0.15) is 11.6 Å². The Morgan fingerprint density at radius 2 is 1.93 bits per heavy atom. The molecular weight excluding hydrogens is 340 g/mol. The Morgan fingerprint density at radius 1 is 1.15 bits per heavy atom. The van der Waals surface area contributed by atoms with E-state index in [9.17, 15) is 4.79 Å². The van der Waals surface area contributed by atoms with Crippen LogP contribution in [0.3, 0.4) is 0 Å². The zero-order chi connectivity index (χ0) is 19.0. The number of aromatic amines is 1. The fourth-order valence-corrected chi connectivity index (χ4v) is 3.65. The third-order valence-electron chi connectivity index (χ3n) is 5.22. The maximum Gasteiger partial charge on any atom is 0.327 e. The smallest absolute Gasteiger partial charge is 0.327 e. The van der Waals surface area contributed by atoms with Crippen molar-refractivity contribution in [3.8, 4) is 0 Å². The van der Waals surface area contributed by atoms with E-state index >= 15 is 0 Å². The largest absolute Gasteiger partial charge is 0.356 e. The molecule has 0 bridgehead atoms. The normalized spacial score (nSPS) is 16.2. The van der Waals surface area contributed by atoms with Crippen molar-refractivity contribution in [2.45, 2.75) is 45.6 Å². The van der Waals surface area contributed by atoms with Crippen molar-refractivity contribution in [1.29, 1.82) is 0 Å². The summed E-state index contributed by atoms with van der Waals surface area (Å²) in [4.78, 5) is 31.0. The van der Waals surface area contributed by atoms with Crippen LogP contribution in [0.5, 0.6) is 0 Å². The highest BCUT2D eigenvalue weighted by Gasteiger charge is 2.24. The summed E-state index contributed by atoms with van der Waals surface area (Å²) < 4.78 is 1.78. The van der Waals surface area contributed by atoms with Crippen LogP contribution >= 0.6 is 0 Å². The molecule has 0 atom stereocenters. The van der Waals surface area contributed by atoms with Gasteiger partial charge < -0.3 is 9.88 Å². The highest BCUT2D eigenvalue weighted by molar-refractivity contribution is 5.69. The molecule has 27 heavy (non-hydrogen) atoms. The highest BCUT2D eigenvalue weighted by Crippen LogP contribution is 2.25. The van der Waals surface area contributed by atoms with E-state index in [1.807, 2.05) is 24.4 Å². The first-order valence-electron chi connectivity index (χ1n) is 9.54. The first kappa shape index (κ1) is 17.7. The Bertz CT molecular complexity index is 991. The van der Waals surface area contributed by atoms with Gasteiger partial charge in [-0.15, -0.1) is 0 Å². The molecule has 0 unspecified atom stereocenters. The van der Waals surface area contributed by atoms with Crippen molar-refractivity contribution in [2.75, 3.05) is 18.0 Å². The molecule has 1 N–H and O–H groups in total. The third-order valence-corrected chi connectivity index (χ3v) is 5.22. The average Bonchev–Trinajstić information content (AvgIpc) is 2.97. The number of rotatable bonds is 3. The lowest BCUT2D eigenvalue weighted by molar-refractivity contribution is 0.355. The zero-order valence-corrected chi connectivity index (χ0v) is 16.1. The number of hydrogen-bond acceptors (Lipinski definition) is 5. The van der Waals surface area contributed by atoms with Crippen LogP contribution in [0.25, 0.3) is 11.2 Å². The van der Waals surface area contributed by atoms with Gasteiger partial charge in [-0.25, -0.2) is 19.7 Å². The van der Waals surface area contributed by atoms with Crippen molar-refractivity contribution in [3.05, 3.63) is 46.9 Å². The minimum absolute atomic E-state index is 0.0577. The summed E-state index contributed by atoms with van der Waals surface area (Å²) in [6, 6.07) is 5.73. The predicted octanol–water partition coefficient (Wildman–Crippen LogP) is 2.73. The minimum Gasteiger partial charge on any atom is -0.356 e. The molecule has 4 rings (SSSR count). The highest BCUT2D eigenvalue weighted by atomic mass is 16.1. The molecule has 0 aliphatic carbocycles. The SMILES string of the molecule is CC(C)(C)c1nccc(N2CCC(Cn3c(=O)[nH]c4cccnc43)CC2)n1. The fourth-order valence-electron chi connectivity index (χ4n) is 3.65. The molecule has 0 spiro atoms. The van der Waals surface area contributed by atoms with Gasteiger partial charge in [0.15, 0.2) is 5.65 Å². The van der Waals surface area contributed by atoms with Crippen LogP contribution < -0.4 is 10.6 Å². The molecule has 3 aromatic heterocycles. The topological polar surface area (TPSA) is 79.7 Å². The van der Waals surface area contributed by atoms with Gasteiger partial charge in [-0.2, -0.15) is 0 Å². The first-order chi connectivity index (χ1) is 12.9. The van der Waals surface area contributed by atoms with Gasteiger partial charge in [-0.3, -0.25) is 4.57 Å². The van der Waals surface area contributed by atoms with Crippen molar-refractivity contribution in [3.63, 3.8) is 0 Å². The van der Waals surface area contributed by atoms with Gasteiger partial charge in [0.25, 0.3) is 0 Å². The van der Waals surface area contributed by atoms with Crippen molar-refractivity contribution < 1.29 is 0 Å². The van der Waals surface area contributed by atoms with E-state index in [1.54, 1.807) is 10.8 Å². The average molecular weight is 366 g/mol. The molecule has 0 aromatic carbocycles. The number of fused-ring (bicyclic) bond motifs is 1. The van der Waals surface area contributed by atoms with Gasteiger partial charge in [-0.1, -0.05) is 20.8 Å². The van der Waals surface area contributed by atoms with Gasteiger partial charge in [0.2, 0.25) is 0 Å². The molecule has 3 aromatic rings. The quantitative estimate of drug-likeness (QED) is 0.771. The summed E-state index contributed by atoms with van der Waals surface area (Å²) in [7, 11) is 0. The van der Waals surface area contributed by atoms with E-state index in [2.05, 4.69) is 40.6 Å². The first-order valence-corrected chi connectivity index (χ1v) is 9.54. The summed E-state index contributed by atoms with van der Waals surface area (Å²) in [5, 5.41) is 0. The summed E-state index contributed by atoms with van der Waals surface area (Å²) in [6.45, 7) is 8.98. The molecule has 1 aliphatic heterocycles. The third kappa shape index (κ3) is 3.59. The van der Waals surface area contributed by atoms with E-state index < -0.39 is 0 Å². The monoisotopic (exact) mass is 366 g/mol. The molecule has 1 saturated heterocycles. The second kappa shape index (κ2) is 6.79. The standard InChI is InChI=1S/C20H26N6O/c1-20(2,3)18-22-10-6-16(24-18)25-11-7-14(8-12-25)13-26-17-15(23-19(26)27)5-4-9-21-17/h4-6,9-10,14H,7-8,11-13H2,1-3H3,(H,23,27). The minimum atomic E-state index is -0.0725. The van der Waals surface area contributed by atoms with Crippen LogP contribution in [-0.2, 0) is 12.0 Å². The van der Waals surface area contributed by atoms with E-state index in [-0.39, 0.29) is 11.1 Å². The molecule has 142 valence electrons. The number of nitrogens with one attached hydrogen (secondary N) is 1. The molecule has 7 heteroatoms. The summed E-state index contributed by atoms with van der Waals surface area (Å²) in [6.07, 6.45) is 5.64. The van der Waals surface area contributed by atoms with Crippen LogP contribution in [0.2, 0.25) is 0 Å². The molecule has 0 amide bonds. The van der Waals surface area contributed by atoms with Gasteiger partial charge in [0, 0.05) is 37.4 Å². The second-order valence-corrected chi connectivity index (χ2v) is 8.33. The Labute approximate surface area is 158 Å². The number of H-pyrrole nitrogens is 1. The van der Waals surface area contributed by atoms with Crippen LogP contribution in [0, 0.1) is 5.92 Å². The molecule has 7 nitrogen and oxygen atoms in total. The number of anilines is 1. The number of piperidine rings is 1. The molecular formula is C20H26N6O. The van der Waals surface area contributed by atoms with Gasteiger partial charge in [0.05, 0.1) is 5.52 Å². The van der Waals surface area contributed by atoms with Crippen LogP contribution in [0.1, 0.15) is 39.4 Å². The van der Waals surface area contributed by atoms with Crippen molar-refractivity contribution in [1.82, 2.24) is 24.5 Å². The molecule has 1 aliphatic rings. The summed E-state index contributed by atoms with van der Waals surface area (Å²) in [5.74, 6) is 2.33. The lowest BCUT2D eigenvalue weighted by Crippen LogP contribution is -2.37. The van der Waals surface area contributed by atoms with Crippen LogP contribution in [0.15, 0.2) is 35.4 Å². The lowest BCUT2D eigenvalue weighted by atomic mass is 9.95. The van der Waals surface area contributed by atoms with Gasteiger partial charge in [-0.05, 0) is 37.0 Å². The molecule has 0 saturated carbocycles. The van der Waals surface area contributed by atoms with Crippen molar-refractivity contribution >= 4 is 17.0 Å². The maximum absolute atomic E-state index is 12.3. The predicted molar refractivity (Wildman–Crippen MR) is 106 cm³/mol. The Hall–Kier alpha value is -2.70. The van der Waals surface area contributed by atoms with Crippen LogP contribution in [-0.4, -0.2) is 37.6 Å². The van der Waals surface area contributed by atoms with Gasteiger partial charge >= 0.3 is 5.69 Å². The number of aromatic nitrogens is 5. The Morgan fingerprint density at radius 3 is 2.67 bits per heavy atom. The Kier molecular flexibility index (Phi) is 4.45. The van der Waals surface area contributed by atoms with Crippen molar-refractivity contribution in [2.24, 2.45) is 5.92 Å². The summed E-state index contributed by atoms with van der Waals surface area (Å²) in [5.41, 5.74) is 1.42. The van der Waals surface area contributed by atoms with E-state index in [4.69, 9.17) is 4.98 Å². The fraction of sp³-hybridized carbons (Fsp3) is 0.500. The number of hydrogen-bond donors (Lipinski definition) is 1. The maximum atomic E-state index is 12.3. The molecule has 4 heterocycles. The van der Waals surface area contributed by atoms with E-state index in [0.717, 1.165) is 48.7 Å². The number of nitrogens with zero attached hydrogens (tertiary/aromatic N) is 5. The Balaban J connectivity index is 1.45. The van der Waals surface area contributed by atoms with E-state index in [0.29, 0.717) is 12.5 Å². The van der Waals surface area contributed by atoms with Crippen LogP contribution in [0.4, 0.5) is 5.82 Å². The number of pyridine rings is 1. The zero-order valence-electron chi connectivity index (χ0n) is 16.1. The summed E-state index contributed by atoms with van der Waals surface area (Å²) >= 11 is 0.